The van der Waals surface area contributed by atoms with E-state index >= 15 is 0 Å². The molecule has 0 aromatic carbocycles. The number of carbonyl (C=O) groups is 1. The maximum Gasteiger partial charge on any atom is 1.00 e. The summed E-state index contributed by atoms with van der Waals surface area (Å²) in [4.78, 5) is 9.89. The van der Waals surface area contributed by atoms with Gasteiger partial charge in [0.15, 0.2) is 0 Å². The first-order valence-electron chi connectivity index (χ1n) is 3.50. The monoisotopic (exact) mass is 136 g/mol. The molecule has 0 aliphatic carbocycles. The summed E-state index contributed by atoms with van der Waals surface area (Å²) in [7, 11) is 0. The molecule has 1 nitrogen and oxygen atoms in total. The maximum atomic E-state index is 9.89. The van der Waals surface area contributed by atoms with Gasteiger partial charge in [-0.2, -0.15) is 0 Å². The molecule has 2 heteroatoms. The molecule has 0 atom stereocenters. The molecule has 0 aliphatic heterocycles. The number of rotatable bonds is 3. The van der Waals surface area contributed by atoms with Crippen molar-refractivity contribution in [3.8, 4) is 0 Å². The van der Waals surface area contributed by atoms with E-state index in [0.29, 0.717) is 5.41 Å². The van der Waals surface area contributed by atoms with E-state index in [-0.39, 0.29) is 20.3 Å². The van der Waals surface area contributed by atoms with Gasteiger partial charge in [0, 0.05) is 6.42 Å². The molecule has 0 rings (SSSR count). The van der Waals surface area contributed by atoms with Crippen LogP contribution in [0.2, 0.25) is 0 Å². The van der Waals surface area contributed by atoms with Crippen molar-refractivity contribution in [2.45, 2.75) is 40.0 Å². The van der Waals surface area contributed by atoms with Gasteiger partial charge in [0.05, 0.1) is 0 Å². The van der Waals surface area contributed by atoms with Crippen LogP contribution in [-0.4, -0.2) is 6.29 Å². The molecule has 0 saturated heterocycles. The van der Waals surface area contributed by atoms with Gasteiger partial charge in [-0.3, -0.25) is 0 Å². The smallest absolute Gasteiger partial charge is 1.00 e. The molecule has 0 aromatic rings. The van der Waals surface area contributed by atoms with Crippen LogP contribution in [0, 0.1) is 5.41 Å². The number of hydrogen-bond donors (Lipinski definition) is 0. The number of unbranched alkanes of at least 4 members (excludes halogenated alkanes) is 1. The van der Waals surface area contributed by atoms with Crippen molar-refractivity contribution < 1.29 is 25.1 Å². The first-order chi connectivity index (χ1) is 4.06. The topological polar surface area (TPSA) is 17.1 Å². The molecule has 56 valence electrons. The average molecular weight is 136 g/mol. The maximum absolute atomic E-state index is 9.89. The molecule has 0 amide bonds. The van der Waals surface area contributed by atoms with Gasteiger partial charge in [-0.05, 0) is 18.3 Å². The number of hydrogen-bond acceptors (Lipinski definition) is 1. The quantitative estimate of drug-likeness (QED) is 0.291. The Bertz CT molecular complexity index is 88.6. The second kappa shape index (κ2) is 6.01. The largest absolute Gasteiger partial charge is 1.00 e. The summed E-state index contributed by atoms with van der Waals surface area (Å²) in [6.07, 6.45) is 3.89. The minimum atomic E-state index is 0. The first-order valence-corrected chi connectivity index (χ1v) is 3.50. The Morgan fingerprint density at radius 3 is 2.20 bits per heavy atom. The third-order valence-corrected chi connectivity index (χ3v) is 1.25. The average Bonchev–Trinajstić information content (AvgIpc) is 1.63. The second-order valence-electron chi connectivity index (χ2n) is 3.62. The minimum Gasteiger partial charge on any atom is -1.00 e. The summed E-state index contributed by atoms with van der Waals surface area (Å²) in [6, 6.07) is 0. The third kappa shape index (κ3) is 11.1. The van der Waals surface area contributed by atoms with Crippen LogP contribution in [0.1, 0.15) is 41.5 Å². The molecule has 0 aliphatic rings. The number of carbonyl (C=O) groups excluding carboxylic acids is 1. The Balaban J connectivity index is -0.000000320. The third-order valence-electron chi connectivity index (χ3n) is 1.25. The molecule has 0 heterocycles. The minimum absolute atomic E-state index is 0. The van der Waals surface area contributed by atoms with E-state index in [1.807, 2.05) is 0 Å². The van der Waals surface area contributed by atoms with Crippen molar-refractivity contribution in [2.24, 2.45) is 5.41 Å². The van der Waals surface area contributed by atoms with Gasteiger partial charge in [-0.1, -0.05) is 20.8 Å². The van der Waals surface area contributed by atoms with Crippen molar-refractivity contribution in [1.29, 1.82) is 0 Å². The molecule has 0 radical (unpaired) electrons. The van der Waals surface area contributed by atoms with E-state index in [9.17, 15) is 4.79 Å². The van der Waals surface area contributed by atoms with Crippen LogP contribution in [0.3, 0.4) is 0 Å². The Hall–Kier alpha value is 0.267. The van der Waals surface area contributed by atoms with Crippen LogP contribution in [0.4, 0.5) is 0 Å². The molecular weight excluding hydrogens is 119 g/mol. The molecule has 10 heavy (non-hydrogen) atoms. The fraction of sp³-hybridized carbons (Fsp3) is 0.875. The molecule has 0 aromatic heterocycles. The van der Waals surface area contributed by atoms with Crippen molar-refractivity contribution in [3.05, 3.63) is 0 Å². The summed E-state index contributed by atoms with van der Waals surface area (Å²) in [5, 5.41) is 0. The molecule has 0 bridgehead atoms. The molecular formula is C8H17LiO. The summed E-state index contributed by atoms with van der Waals surface area (Å²) in [5.41, 5.74) is 0.392. The zero-order valence-electron chi connectivity index (χ0n) is 8.61. The Morgan fingerprint density at radius 2 is 1.90 bits per heavy atom. The van der Waals surface area contributed by atoms with Gasteiger partial charge in [0.2, 0.25) is 0 Å². The van der Waals surface area contributed by atoms with Gasteiger partial charge >= 0.3 is 18.9 Å². The molecule has 0 saturated carbocycles. The summed E-state index contributed by atoms with van der Waals surface area (Å²) >= 11 is 0. The van der Waals surface area contributed by atoms with Crippen LogP contribution in [0.15, 0.2) is 0 Å². The SMILES string of the molecule is CC(C)(C)CCCC=O.[H-].[Li+]. The van der Waals surface area contributed by atoms with Crippen molar-refractivity contribution in [1.82, 2.24) is 0 Å². The molecule has 0 unspecified atom stereocenters. The van der Waals surface area contributed by atoms with Crippen LogP contribution in [0.5, 0.6) is 0 Å². The molecule has 0 N–H and O–H groups in total. The van der Waals surface area contributed by atoms with E-state index in [0.717, 1.165) is 25.5 Å². The Kier molecular flexibility index (Phi) is 7.75. The Morgan fingerprint density at radius 1 is 1.40 bits per heavy atom. The van der Waals surface area contributed by atoms with E-state index < -0.39 is 0 Å². The van der Waals surface area contributed by atoms with Gasteiger partial charge < -0.3 is 6.22 Å². The van der Waals surface area contributed by atoms with Gasteiger partial charge in [0.25, 0.3) is 0 Å². The van der Waals surface area contributed by atoms with Gasteiger partial charge in [-0.15, -0.1) is 0 Å². The van der Waals surface area contributed by atoms with Crippen molar-refractivity contribution in [3.63, 3.8) is 0 Å². The predicted molar refractivity (Wildman–Crippen MR) is 40.5 cm³/mol. The Labute approximate surface area is 77.2 Å². The molecule has 0 fully saturated rings. The van der Waals surface area contributed by atoms with Crippen molar-refractivity contribution >= 4 is 6.29 Å². The standard InChI is InChI=1S/C8H16O.Li.H/c1-8(2,3)6-4-5-7-9;;/h7H,4-6H2,1-3H3;;/q;+1;-1. The van der Waals surface area contributed by atoms with Crippen LogP contribution >= 0.6 is 0 Å². The predicted octanol–water partition coefficient (Wildman–Crippen LogP) is -0.482. The summed E-state index contributed by atoms with van der Waals surface area (Å²) < 4.78 is 0. The fourth-order valence-corrected chi connectivity index (χ4v) is 0.716. The zero-order chi connectivity index (χ0) is 7.33. The fourth-order valence-electron chi connectivity index (χ4n) is 0.716. The molecule has 0 spiro atoms. The van der Waals surface area contributed by atoms with Crippen LogP contribution < -0.4 is 18.9 Å². The van der Waals surface area contributed by atoms with Gasteiger partial charge in [0.1, 0.15) is 6.29 Å². The van der Waals surface area contributed by atoms with E-state index in [1.54, 1.807) is 0 Å². The van der Waals surface area contributed by atoms with E-state index in [1.165, 1.54) is 0 Å². The number of aldehydes is 1. The van der Waals surface area contributed by atoms with Crippen LogP contribution in [0.25, 0.3) is 0 Å². The van der Waals surface area contributed by atoms with E-state index in [2.05, 4.69) is 20.8 Å². The summed E-state index contributed by atoms with van der Waals surface area (Å²) in [6.45, 7) is 6.58. The van der Waals surface area contributed by atoms with Gasteiger partial charge in [-0.25, -0.2) is 0 Å². The first kappa shape index (κ1) is 12.9. The normalized spacial score (nSPS) is 10.3. The van der Waals surface area contributed by atoms with E-state index in [4.69, 9.17) is 0 Å². The zero-order valence-corrected chi connectivity index (χ0v) is 7.61. The summed E-state index contributed by atoms with van der Waals surface area (Å²) in [5.74, 6) is 0. The second-order valence-corrected chi connectivity index (χ2v) is 3.62. The van der Waals surface area contributed by atoms with Crippen molar-refractivity contribution in [2.75, 3.05) is 0 Å². The van der Waals surface area contributed by atoms with Crippen LogP contribution in [-0.2, 0) is 4.79 Å².